The van der Waals surface area contributed by atoms with Gasteiger partial charge in [0.05, 0.1) is 0 Å². The van der Waals surface area contributed by atoms with Crippen LogP contribution in [0.3, 0.4) is 0 Å². The molecule has 0 aromatic heterocycles. The van der Waals surface area contributed by atoms with Gasteiger partial charge in [-0.15, -0.1) is 0 Å². The van der Waals surface area contributed by atoms with E-state index in [1.54, 1.807) is 0 Å². The fourth-order valence-electron chi connectivity index (χ4n) is 4.66. The number of esters is 2. The highest BCUT2D eigenvalue weighted by Gasteiger charge is 2.12. The molecule has 0 fully saturated rings. The maximum atomic E-state index is 12.0. The van der Waals surface area contributed by atoms with Crippen LogP contribution in [0.1, 0.15) is 155 Å². The number of carbonyl (C=O) groups excluding carboxylic acids is 2. The van der Waals surface area contributed by atoms with Crippen molar-refractivity contribution in [3.8, 4) is 0 Å². The van der Waals surface area contributed by atoms with E-state index in [2.05, 4.69) is 87.6 Å². The van der Waals surface area contributed by atoms with E-state index >= 15 is 0 Å². The standard InChI is InChI=1S/C41H67O4/c1-4-6-8-10-12-14-16-18-19-20-21-22-23-25-27-29-31-33-35-37-41(43)45-39(3)38-44-40(42)36-34-32-30-28-26-24-17-15-13-11-9-7-5-2/h6,8,12,14,18-19,21-22,25,27,31,33,39H,3-5,7,9-11,13,15-17,20,23-24,26,28-30,32,34-38H2,1-2H3/b8-6-,14-12-,19-18-,22-21-,27-25-,33-31-/t39-/m1/s1. The highest BCUT2D eigenvalue weighted by Crippen LogP contribution is 2.13. The number of allylic oxidation sites excluding steroid dienone is 12. The second-order valence-corrected chi connectivity index (χ2v) is 11.7. The van der Waals surface area contributed by atoms with Crippen LogP contribution in [0, 0.1) is 6.92 Å². The van der Waals surface area contributed by atoms with E-state index in [4.69, 9.17) is 9.47 Å². The molecule has 4 heteroatoms. The average molecular weight is 624 g/mol. The van der Waals surface area contributed by atoms with Gasteiger partial charge in [-0.2, -0.15) is 0 Å². The third-order valence-electron chi connectivity index (χ3n) is 7.32. The Kier molecular flexibility index (Phi) is 33.8. The van der Waals surface area contributed by atoms with Crippen LogP contribution in [-0.4, -0.2) is 24.6 Å². The highest BCUT2D eigenvalue weighted by molar-refractivity contribution is 5.70. The van der Waals surface area contributed by atoms with Gasteiger partial charge in [0.2, 0.25) is 0 Å². The van der Waals surface area contributed by atoms with Gasteiger partial charge in [-0.05, 0) is 58.3 Å². The van der Waals surface area contributed by atoms with Crippen molar-refractivity contribution in [2.24, 2.45) is 0 Å². The molecular formula is C41H67O4. The van der Waals surface area contributed by atoms with Gasteiger partial charge in [-0.25, -0.2) is 0 Å². The summed E-state index contributed by atoms with van der Waals surface area (Å²) < 4.78 is 10.5. The minimum atomic E-state index is -0.668. The van der Waals surface area contributed by atoms with E-state index in [9.17, 15) is 9.59 Å². The van der Waals surface area contributed by atoms with Gasteiger partial charge >= 0.3 is 11.9 Å². The summed E-state index contributed by atoms with van der Waals surface area (Å²) in [6.45, 7) is 8.22. The molecule has 1 atom stereocenters. The van der Waals surface area contributed by atoms with Gasteiger partial charge < -0.3 is 9.47 Å². The lowest BCUT2D eigenvalue weighted by atomic mass is 10.0. The molecule has 0 aromatic rings. The van der Waals surface area contributed by atoms with Gasteiger partial charge in [0.1, 0.15) is 12.7 Å². The lowest BCUT2D eigenvalue weighted by molar-refractivity contribution is -0.156. The van der Waals surface area contributed by atoms with E-state index in [-0.39, 0.29) is 18.5 Å². The van der Waals surface area contributed by atoms with E-state index < -0.39 is 6.10 Å². The van der Waals surface area contributed by atoms with Crippen LogP contribution >= 0.6 is 0 Å². The van der Waals surface area contributed by atoms with Crippen LogP contribution in [0.15, 0.2) is 72.9 Å². The summed E-state index contributed by atoms with van der Waals surface area (Å²) >= 11 is 0. The summed E-state index contributed by atoms with van der Waals surface area (Å²) in [5, 5.41) is 0. The fourth-order valence-corrected chi connectivity index (χ4v) is 4.66. The second kappa shape index (κ2) is 35.9. The Morgan fingerprint density at radius 1 is 0.511 bits per heavy atom. The number of carbonyl (C=O) groups is 2. The van der Waals surface area contributed by atoms with Crippen LogP contribution in [-0.2, 0) is 19.1 Å². The van der Waals surface area contributed by atoms with Crippen LogP contribution < -0.4 is 0 Å². The molecule has 0 aliphatic carbocycles. The topological polar surface area (TPSA) is 52.6 Å². The molecule has 0 saturated carbocycles. The molecule has 1 radical (unpaired) electrons. The molecule has 0 aliphatic heterocycles. The maximum Gasteiger partial charge on any atom is 0.306 e. The summed E-state index contributed by atoms with van der Waals surface area (Å²) in [5.74, 6) is -0.553. The predicted molar refractivity (Wildman–Crippen MR) is 194 cm³/mol. The number of rotatable bonds is 31. The van der Waals surface area contributed by atoms with Gasteiger partial charge in [0.15, 0.2) is 0 Å². The van der Waals surface area contributed by atoms with Crippen molar-refractivity contribution < 1.29 is 19.1 Å². The van der Waals surface area contributed by atoms with Gasteiger partial charge in [-0.3, -0.25) is 9.59 Å². The molecule has 0 aromatic carbocycles. The molecule has 0 saturated heterocycles. The van der Waals surface area contributed by atoms with Crippen molar-refractivity contribution in [2.45, 2.75) is 161 Å². The molecule has 0 spiro atoms. The van der Waals surface area contributed by atoms with Crippen LogP contribution in [0.2, 0.25) is 0 Å². The Morgan fingerprint density at radius 2 is 0.911 bits per heavy atom. The molecule has 0 bridgehead atoms. The van der Waals surface area contributed by atoms with Crippen LogP contribution in [0.5, 0.6) is 0 Å². The third-order valence-corrected chi connectivity index (χ3v) is 7.32. The Balaban J connectivity index is 3.62. The quantitative estimate of drug-likeness (QED) is 0.0438. The first kappa shape index (κ1) is 42.4. The third kappa shape index (κ3) is 35.7. The van der Waals surface area contributed by atoms with E-state index in [1.807, 2.05) is 6.08 Å². The van der Waals surface area contributed by atoms with Crippen molar-refractivity contribution in [1.29, 1.82) is 0 Å². The Labute approximate surface area is 278 Å². The number of hydrogen-bond donors (Lipinski definition) is 0. The first-order valence-corrected chi connectivity index (χ1v) is 18.2. The summed E-state index contributed by atoms with van der Waals surface area (Å²) in [7, 11) is 0. The largest absolute Gasteiger partial charge is 0.462 e. The molecule has 0 heterocycles. The minimum Gasteiger partial charge on any atom is -0.462 e. The molecule has 0 aliphatic rings. The number of hydrogen-bond acceptors (Lipinski definition) is 4. The first-order valence-electron chi connectivity index (χ1n) is 18.2. The van der Waals surface area contributed by atoms with Crippen molar-refractivity contribution in [3.05, 3.63) is 79.8 Å². The van der Waals surface area contributed by atoms with Gasteiger partial charge in [-0.1, -0.05) is 164 Å². The summed E-state index contributed by atoms with van der Waals surface area (Å²) in [5.41, 5.74) is 0. The number of unbranched alkanes of at least 4 members (excludes halogenated alkanes) is 12. The summed E-state index contributed by atoms with van der Waals surface area (Å²) in [4.78, 5) is 24.0. The lowest BCUT2D eigenvalue weighted by Gasteiger charge is -2.13. The highest BCUT2D eigenvalue weighted by atomic mass is 16.6. The molecular weight excluding hydrogens is 556 g/mol. The minimum absolute atomic E-state index is 0.0168. The monoisotopic (exact) mass is 624 g/mol. The van der Waals surface area contributed by atoms with E-state index in [1.165, 1.54) is 70.6 Å². The zero-order chi connectivity index (χ0) is 32.9. The van der Waals surface area contributed by atoms with Gasteiger partial charge in [0.25, 0.3) is 0 Å². The van der Waals surface area contributed by atoms with Crippen molar-refractivity contribution >= 4 is 11.9 Å². The molecule has 0 rings (SSSR count). The second-order valence-electron chi connectivity index (χ2n) is 11.7. The van der Waals surface area contributed by atoms with E-state index in [0.29, 0.717) is 19.3 Å². The lowest BCUT2D eigenvalue weighted by Crippen LogP contribution is -2.22. The Bertz CT molecular complexity index is 846. The smallest absolute Gasteiger partial charge is 0.306 e. The summed E-state index contributed by atoms with van der Waals surface area (Å²) in [6.07, 6.45) is 49.0. The average Bonchev–Trinajstić information content (AvgIpc) is 3.03. The molecule has 0 N–H and O–H groups in total. The molecule has 45 heavy (non-hydrogen) atoms. The predicted octanol–water partition coefficient (Wildman–Crippen LogP) is 12.2. The Hall–Kier alpha value is -2.62. The van der Waals surface area contributed by atoms with Crippen molar-refractivity contribution in [2.75, 3.05) is 6.61 Å². The normalized spacial score (nSPS) is 13.0. The molecule has 255 valence electrons. The zero-order valence-corrected chi connectivity index (χ0v) is 29.1. The maximum absolute atomic E-state index is 12.0. The molecule has 0 unspecified atom stereocenters. The van der Waals surface area contributed by atoms with E-state index in [0.717, 1.165) is 51.4 Å². The summed E-state index contributed by atoms with van der Waals surface area (Å²) in [6, 6.07) is 0. The molecule has 0 amide bonds. The fraction of sp³-hybridized carbons (Fsp3) is 0.634. The number of ether oxygens (including phenoxy) is 2. The zero-order valence-electron chi connectivity index (χ0n) is 29.1. The first-order chi connectivity index (χ1) is 22.1. The van der Waals surface area contributed by atoms with Crippen molar-refractivity contribution in [3.63, 3.8) is 0 Å². The Morgan fingerprint density at radius 3 is 1.36 bits per heavy atom. The van der Waals surface area contributed by atoms with Crippen LogP contribution in [0.4, 0.5) is 0 Å². The van der Waals surface area contributed by atoms with Crippen molar-refractivity contribution in [1.82, 2.24) is 0 Å². The van der Waals surface area contributed by atoms with Gasteiger partial charge in [0, 0.05) is 12.8 Å². The SMILES string of the molecule is [CH2][C@H](COC(=O)CCCCCCCCCCCCCCC)OC(=O)CC/C=C\C/C=C\C/C=C\C/C=C\C/C=C\C/C=C\CC. The molecule has 4 nitrogen and oxygen atoms in total. The van der Waals surface area contributed by atoms with Crippen LogP contribution in [0.25, 0.3) is 0 Å².